The minimum atomic E-state index is -1.26. The van der Waals surface area contributed by atoms with Crippen molar-refractivity contribution in [3.8, 4) is 0 Å². The van der Waals surface area contributed by atoms with Gasteiger partial charge in [0.15, 0.2) is 0 Å². The molecule has 2 aromatic carbocycles. The van der Waals surface area contributed by atoms with Crippen LogP contribution in [0.1, 0.15) is 33.3 Å². The molecule has 0 saturated carbocycles. The maximum atomic E-state index is 13.1. The third kappa shape index (κ3) is 4.69. The molecular weight excluding hydrogens is 331 g/mol. The summed E-state index contributed by atoms with van der Waals surface area (Å²) in [5.74, 6) is -1.06. The molecule has 0 spiro atoms. The second kappa shape index (κ2) is 8.13. The fraction of sp³-hybridized carbons (Fsp3) is 0.333. The molecule has 1 N–H and O–H groups in total. The molecule has 0 aliphatic carbocycles. The highest BCUT2D eigenvalue weighted by Gasteiger charge is 2.40. The van der Waals surface area contributed by atoms with Gasteiger partial charge in [-0.1, -0.05) is 30.3 Å². The Bertz CT molecular complexity index is 755. The van der Waals surface area contributed by atoms with Crippen molar-refractivity contribution in [2.75, 3.05) is 5.32 Å². The maximum absolute atomic E-state index is 13.1. The standard InChI is InChI=1S/C21H25FN2O2/c1-15(2)24(14-16-8-6-5-7-9-16)20(26)21(3,4)19(25)23-18-12-10-17(22)11-13-18/h5-13,15H,14H2,1-4H3,(H,23,25). The topological polar surface area (TPSA) is 49.4 Å². The van der Waals surface area contributed by atoms with Crippen LogP contribution in [0.2, 0.25) is 0 Å². The molecule has 0 unspecified atom stereocenters. The molecule has 2 aromatic rings. The van der Waals surface area contributed by atoms with Gasteiger partial charge >= 0.3 is 0 Å². The molecule has 0 heterocycles. The molecule has 138 valence electrons. The third-order valence-corrected chi connectivity index (χ3v) is 4.28. The average molecular weight is 356 g/mol. The zero-order valence-electron chi connectivity index (χ0n) is 15.6. The highest BCUT2D eigenvalue weighted by molar-refractivity contribution is 6.09. The van der Waals surface area contributed by atoms with Gasteiger partial charge in [0, 0.05) is 18.3 Å². The molecule has 0 aromatic heterocycles. The quantitative estimate of drug-likeness (QED) is 0.788. The summed E-state index contributed by atoms with van der Waals surface area (Å²) in [7, 11) is 0. The van der Waals surface area contributed by atoms with Gasteiger partial charge in [0.1, 0.15) is 11.2 Å². The molecule has 2 amide bonds. The van der Waals surface area contributed by atoms with E-state index in [1.807, 2.05) is 44.2 Å². The molecule has 0 fully saturated rings. The van der Waals surface area contributed by atoms with Gasteiger partial charge in [-0.15, -0.1) is 0 Å². The normalized spacial score (nSPS) is 11.3. The van der Waals surface area contributed by atoms with E-state index in [1.54, 1.807) is 18.7 Å². The SMILES string of the molecule is CC(C)N(Cc1ccccc1)C(=O)C(C)(C)C(=O)Nc1ccc(F)cc1. The molecule has 0 aliphatic heterocycles. The van der Waals surface area contributed by atoms with Crippen LogP contribution in [0.4, 0.5) is 10.1 Å². The number of rotatable bonds is 6. The highest BCUT2D eigenvalue weighted by atomic mass is 19.1. The van der Waals surface area contributed by atoms with Gasteiger partial charge in [0.05, 0.1) is 0 Å². The van der Waals surface area contributed by atoms with Crippen molar-refractivity contribution in [2.24, 2.45) is 5.41 Å². The van der Waals surface area contributed by atoms with Crippen LogP contribution in [0.15, 0.2) is 54.6 Å². The lowest BCUT2D eigenvalue weighted by atomic mass is 9.89. The van der Waals surface area contributed by atoms with Gasteiger partial charge in [-0.3, -0.25) is 9.59 Å². The van der Waals surface area contributed by atoms with E-state index in [-0.39, 0.29) is 17.8 Å². The van der Waals surface area contributed by atoms with Crippen LogP contribution in [0.3, 0.4) is 0 Å². The first-order valence-corrected chi connectivity index (χ1v) is 8.64. The van der Waals surface area contributed by atoms with Crippen molar-refractivity contribution in [3.05, 3.63) is 66.0 Å². The number of nitrogens with zero attached hydrogens (tertiary/aromatic N) is 1. The van der Waals surface area contributed by atoms with E-state index in [0.717, 1.165) is 5.56 Å². The monoisotopic (exact) mass is 356 g/mol. The number of hydrogen-bond donors (Lipinski definition) is 1. The van der Waals surface area contributed by atoms with Crippen LogP contribution in [0, 0.1) is 11.2 Å². The van der Waals surface area contributed by atoms with E-state index in [4.69, 9.17) is 0 Å². The van der Waals surface area contributed by atoms with Crippen LogP contribution in [-0.4, -0.2) is 22.8 Å². The first-order valence-electron chi connectivity index (χ1n) is 8.64. The van der Waals surface area contributed by atoms with Crippen molar-refractivity contribution < 1.29 is 14.0 Å². The van der Waals surface area contributed by atoms with Gasteiger partial charge in [0.25, 0.3) is 0 Å². The van der Waals surface area contributed by atoms with E-state index in [2.05, 4.69) is 5.32 Å². The van der Waals surface area contributed by atoms with Crippen LogP contribution >= 0.6 is 0 Å². The van der Waals surface area contributed by atoms with Gasteiger partial charge in [0.2, 0.25) is 11.8 Å². The molecule has 0 radical (unpaired) electrons. The summed E-state index contributed by atoms with van der Waals surface area (Å²) in [6.45, 7) is 7.50. The zero-order chi connectivity index (χ0) is 19.3. The van der Waals surface area contributed by atoms with Crippen molar-refractivity contribution in [1.29, 1.82) is 0 Å². The molecule has 0 aliphatic rings. The molecule has 2 rings (SSSR count). The van der Waals surface area contributed by atoms with Crippen molar-refractivity contribution >= 4 is 17.5 Å². The number of carbonyl (C=O) groups excluding carboxylic acids is 2. The van der Waals surface area contributed by atoms with Gasteiger partial charge in [-0.05, 0) is 57.5 Å². The first-order chi connectivity index (χ1) is 12.2. The average Bonchev–Trinajstić information content (AvgIpc) is 2.61. The number of benzene rings is 2. The summed E-state index contributed by atoms with van der Waals surface area (Å²) >= 11 is 0. The number of hydrogen-bond acceptors (Lipinski definition) is 2. The third-order valence-electron chi connectivity index (χ3n) is 4.28. The number of nitrogens with one attached hydrogen (secondary N) is 1. The summed E-state index contributed by atoms with van der Waals surface area (Å²) in [6, 6.07) is 15.1. The Hall–Kier alpha value is -2.69. The van der Waals surface area contributed by atoms with Gasteiger partial charge in [-0.2, -0.15) is 0 Å². The number of anilines is 1. The summed E-state index contributed by atoms with van der Waals surface area (Å²) in [4.78, 5) is 27.5. The largest absolute Gasteiger partial charge is 0.335 e. The Morgan fingerprint density at radius 3 is 2.15 bits per heavy atom. The molecule has 5 heteroatoms. The number of halogens is 1. The Balaban J connectivity index is 2.16. The van der Waals surface area contributed by atoms with E-state index < -0.39 is 11.3 Å². The minimum Gasteiger partial charge on any atom is -0.335 e. The van der Waals surface area contributed by atoms with Gasteiger partial charge < -0.3 is 10.2 Å². The Morgan fingerprint density at radius 1 is 1.04 bits per heavy atom. The van der Waals surface area contributed by atoms with E-state index in [1.165, 1.54) is 24.3 Å². The van der Waals surface area contributed by atoms with Gasteiger partial charge in [-0.25, -0.2) is 4.39 Å². The van der Waals surface area contributed by atoms with Crippen LogP contribution in [-0.2, 0) is 16.1 Å². The van der Waals surface area contributed by atoms with Crippen LogP contribution in [0.25, 0.3) is 0 Å². The zero-order valence-corrected chi connectivity index (χ0v) is 15.6. The van der Waals surface area contributed by atoms with Crippen molar-refractivity contribution in [1.82, 2.24) is 4.90 Å². The molecule has 26 heavy (non-hydrogen) atoms. The number of amides is 2. The lowest BCUT2D eigenvalue weighted by Gasteiger charge is -2.34. The van der Waals surface area contributed by atoms with Crippen molar-refractivity contribution in [2.45, 2.75) is 40.3 Å². The second-order valence-electron chi connectivity index (χ2n) is 7.10. The lowest BCUT2D eigenvalue weighted by molar-refractivity contribution is -0.148. The molecular formula is C21H25FN2O2. The van der Waals surface area contributed by atoms with E-state index in [9.17, 15) is 14.0 Å². The fourth-order valence-corrected chi connectivity index (χ4v) is 2.55. The predicted molar refractivity (Wildman–Crippen MR) is 101 cm³/mol. The van der Waals surface area contributed by atoms with E-state index >= 15 is 0 Å². The van der Waals surface area contributed by atoms with Crippen LogP contribution < -0.4 is 5.32 Å². The van der Waals surface area contributed by atoms with E-state index in [0.29, 0.717) is 12.2 Å². The molecule has 0 atom stereocenters. The second-order valence-corrected chi connectivity index (χ2v) is 7.10. The molecule has 0 bridgehead atoms. The molecule has 4 nitrogen and oxygen atoms in total. The van der Waals surface area contributed by atoms with Crippen molar-refractivity contribution in [3.63, 3.8) is 0 Å². The Labute approximate surface area is 154 Å². The summed E-state index contributed by atoms with van der Waals surface area (Å²) in [6.07, 6.45) is 0. The summed E-state index contributed by atoms with van der Waals surface area (Å²) < 4.78 is 13.0. The first kappa shape index (κ1) is 19.6. The Kier molecular flexibility index (Phi) is 6.14. The minimum absolute atomic E-state index is 0.0550. The summed E-state index contributed by atoms with van der Waals surface area (Å²) in [5, 5.41) is 2.69. The van der Waals surface area contributed by atoms with Crippen LogP contribution in [0.5, 0.6) is 0 Å². The smallest absolute Gasteiger partial charge is 0.239 e. The Morgan fingerprint density at radius 2 is 1.62 bits per heavy atom. The fourth-order valence-electron chi connectivity index (χ4n) is 2.55. The predicted octanol–water partition coefficient (Wildman–Crippen LogP) is 4.23. The lowest BCUT2D eigenvalue weighted by Crippen LogP contribution is -2.49. The summed E-state index contributed by atoms with van der Waals surface area (Å²) in [5.41, 5.74) is 0.202. The highest BCUT2D eigenvalue weighted by Crippen LogP contribution is 2.24. The maximum Gasteiger partial charge on any atom is 0.239 e. The number of carbonyl (C=O) groups is 2. The molecule has 0 saturated heterocycles.